The van der Waals surface area contributed by atoms with E-state index in [1.807, 2.05) is 69.3 Å². The zero-order chi connectivity index (χ0) is 22.2. The number of benzene rings is 2. The summed E-state index contributed by atoms with van der Waals surface area (Å²) in [5.74, 6) is 1.46. The van der Waals surface area contributed by atoms with Gasteiger partial charge in [-0.3, -0.25) is 4.79 Å². The maximum absolute atomic E-state index is 12.7. The fourth-order valence-corrected chi connectivity index (χ4v) is 3.50. The molecule has 0 fully saturated rings. The van der Waals surface area contributed by atoms with Crippen LogP contribution in [-0.2, 0) is 6.54 Å². The van der Waals surface area contributed by atoms with E-state index in [-0.39, 0.29) is 18.0 Å². The maximum Gasteiger partial charge on any atom is 0.317 e. The molecule has 0 saturated carbocycles. The summed E-state index contributed by atoms with van der Waals surface area (Å²) in [6, 6.07) is 14.8. The van der Waals surface area contributed by atoms with Gasteiger partial charge in [0.25, 0.3) is 5.91 Å². The van der Waals surface area contributed by atoms with Crippen molar-refractivity contribution in [3.05, 3.63) is 59.7 Å². The van der Waals surface area contributed by atoms with Gasteiger partial charge in [0.2, 0.25) is 0 Å². The average Bonchev–Trinajstić information content (AvgIpc) is 2.82. The summed E-state index contributed by atoms with van der Waals surface area (Å²) in [5.41, 5.74) is 1.59. The molecule has 0 spiro atoms. The molecule has 7 heteroatoms. The number of rotatable bonds is 8. The molecule has 0 saturated heterocycles. The third-order valence-corrected chi connectivity index (χ3v) is 5.36. The first kappa shape index (κ1) is 22.5. The molecule has 2 aromatic rings. The number of nitrogens with one attached hydrogen (secondary N) is 1. The number of nitrogens with zero attached hydrogens (tertiary/aromatic N) is 2. The SMILES string of the molecule is CCN(C[C@@H]1COc2ccccc2O1)C(=O)NCc1ccc(C(=O)N(CC)CC)cc1. The number of para-hydroxylation sites is 2. The van der Waals surface area contributed by atoms with Crippen molar-refractivity contribution in [1.82, 2.24) is 15.1 Å². The molecule has 0 aliphatic carbocycles. The molecular weight excluding hydrogens is 394 g/mol. The van der Waals surface area contributed by atoms with Crippen LogP contribution in [0, 0.1) is 0 Å². The summed E-state index contributed by atoms with van der Waals surface area (Å²) >= 11 is 0. The molecule has 0 bridgehead atoms. The Kier molecular flexibility index (Phi) is 7.76. The number of amides is 3. The molecule has 1 N–H and O–H groups in total. The van der Waals surface area contributed by atoms with Gasteiger partial charge in [0.1, 0.15) is 6.61 Å². The van der Waals surface area contributed by atoms with Crippen LogP contribution >= 0.6 is 0 Å². The fourth-order valence-electron chi connectivity index (χ4n) is 3.50. The van der Waals surface area contributed by atoms with Crippen LogP contribution in [0.25, 0.3) is 0 Å². The molecule has 0 radical (unpaired) electrons. The highest BCUT2D eigenvalue weighted by Gasteiger charge is 2.24. The second kappa shape index (κ2) is 10.7. The van der Waals surface area contributed by atoms with Crippen LogP contribution in [0.2, 0.25) is 0 Å². The Morgan fingerprint density at radius 3 is 2.23 bits per heavy atom. The van der Waals surface area contributed by atoms with E-state index in [1.54, 1.807) is 9.80 Å². The number of hydrogen-bond acceptors (Lipinski definition) is 4. The standard InChI is InChI=1S/C24H31N3O4/c1-4-26(5-2)23(28)19-13-11-18(12-14-19)15-25-24(29)27(6-3)16-20-17-30-21-9-7-8-10-22(21)31-20/h7-14,20H,4-6,15-17H2,1-3H3,(H,25,29)/t20-/m1/s1. The highest BCUT2D eigenvalue weighted by atomic mass is 16.6. The number of likely N-dealkylation sites (N-methyl/N-ethyl adjacent to an activating group) is 1. The second-order valence-electron chi connectivity index (χ2n) is 7.37. The topological polar surface area (TPSA) is 71.1 Å². The van der Waals surface area contributed by atoms with Gasteiger partial charge in [0, 0.05) is 31.7 Å². The van der Waals surface area contributed by atoms with E-state index >= 15 is 0 Å². The minimum absolute atomic E-state index is 0.0222. The van der Waals surface area contributed by atoms with E-state index in [2.05, 4.69) is 5.32 Å². The Hall–Kier alpha value is -3.22. The summed E-state index contributed by atoms with van der Waals surface area (Å²) in [4.78, 5) is 28.6. The predicted molar refractivity (Wildman–Crippen MR) is 120 cm³/mol. The smallest absolute Gasteiger partial charge is 0.317 e. The molecule has 31 heavy (non-hydrogen) atoms. The normalized spacial score (nSPS) is 14.6. The van der Waals surface area contributed by atoms with Crippen LogP contribution in [0.5, 0.6) is 11.5 Å². The van der Waals surface area contributed by atoms with Crippen molar-refractivity contribution in [2.24, 2.45) is 0 Å². The van der Waals surface area contributed by atoms with Crippen LogP contribution in [0.1, 0.15) is 36.7 Å². The second-order valence-corrected chi connectivity index (χ2v) is 7.37. The largest absolute Gasteiger partial charge is 0.486 e. The van der Waals surface area contributed by atoms with Gasteiger partial charge in [-0.05, 0) is 50.6 Å². The van der Waals surface area contributed by atoms with E-state index in [4.69, 9.17) is 9.47 Å². The van der Waals surface area contributed by atoms with Crippen molar-refractivity contribution in [1.29, 1.82) is 0 Å². The van der Waals surface area contributed by atoms with Crippen LogP contribution in [-0.4, -0.2) is 60.6 Å². The van der Waals surface area contributed by atoms with Gasteiger partial charge in [-0.1, -0.05) is 24.3 Å². The first-order chi connectivity index (χ1) is 15.0. The number of hydrogen-bond donors (Lipinski definition) is 1. The number of carbonyl (C=O) groups excluding carboxylic acids is 2. The van der Waals surface area contributed by atoms with Crippen molar-refractivity contribution in [3.8, 4) is 11.5 Å². The van der Waals surface area contributed by atoms with Gasteiger partial charge in [-0.15, -0.1) is 0 Å². The molecule has 1 aliphatic rings. The van der Waals surface area contributed by atoms with Gasteiger partial charge in [0.05, 0.1) is 6.54 Å². The van der Waals surface area contributed by atoms with E-state index < -0.39 is 0 Å². The molecule has 1 heterocycles. The van der Waals surface area contributed by atoms with Gasteiger partial charge in [-0.25, -0.2) is 4.79 Å². The summed E-state index contributed by atoms with van der Waals surface area (Å²) in [6.45, 7) is 9.02. The number of ether oxygens (including phenoxy) is 2. The van der Waals surface area contributed by atoms with Crippen molar-refractivity contribution >= 4 is 11.9 Å². The molecule has 0 unspecified atom stereocenters. The highest BCUT2D eigenvalue weighted by molar-refractivity contribution is 5.94. The summed E-state index contributed by atoms with van der Waals surface area (Å²) in [6.07, 6.45) is -0.217. The lowest BCUT2D eigenvalue weighted by atomic mass is 10.1. The zero-order valence-electron chi connectivity index (χ0n) is 18.5. The zero-order valence-corrected chi connectivity index (χ0v) is 18.5. The van der Waals surface area contributed by atoms with Crippen molar-refractivity contribution < 1.29 is 19.1 Å². The van der Waals surface area contributed by atoms with E-state index in [9.17, 15) is 9.59 Å². The third-order valence-electron chi connectivity index (χ3n) is 5.36. The summed E-state index contributed by atoms with van der Waals surface area (Å²) in [7, 11) is 0. The number of urea groups is 1. The van der Waals surface area contributed by atoms with Gasteiger partial charge in [-0.2, -0.15) is 0 Å². The molecule has 166 valence electrons. The molecule has 3 amide bonds. The van der Waals surface area contributed by atoms with E-state index in [0.717, 1.165) is 11.3 Å². The Morgan fingerprint density at radius 2 is 1.58 bits per heavy atom. The molecule has 0 aromatic heterocycles. The Bertz CT molecular complexity index is 881. The molecule has 2 aromatic carbocycles. The third kappa shape index (κ3) is 5.69. The van der Waals surface area contributed by atoms with Crippen LogP contribution in [0.15, 0.2) is 48.5 Å². The molecule has 1 aliphatic heterocycles. The number of fused-ring (bicyclic) bond motifs is 1. The monoisotopic (exact) mass is 425 g/mol. The first-order valence-corrected chi connectivity index (χ1v) is 10.8. The molecule has 1 atom stereocenters. The average molecular weight is 426 g/mol. The predicted octanol–water partition coefficient (Wildman–Crippen LogP) is 3.54. The van der Waals surface area contributed by atoms with E-state index in [1.165, 1.54) is 0 Å². The van der Waals surface area contributed by atoms with Crippen molar-refractivity contribution in [2.45, 2.75) is 33.4 Å². The first-order valence-electron chi connectivity index (χ1n) is 10.8. The summed E-state index contributed by atoms with van der Waals surface area (Å²) < 4.78 is 11.7. The highest BCUT2D eigenvalue weighted by Crippen LogP contribution is 2.31. The lowest BCUT2D eigenvalue weighted by Crippen LogP contribution is -2.47. The van der Waals surface area contributed by atoms with Crippen LogP contribution < -0.4 is 14.8 Å². The lowest BCUT2D eigenvalue weighted by molar-refractivity contribution is 0.0675. The van der Waals surface area contributed by atoms with Crippen LogP contribution in [0.3, 0.4) is 0 Å². The van der Waals surface area contributed by atoms with Crippen molar-refractivity contribution in [3.63, 3.8) is 0 Å². The molecule has 3 rings (SSSR count). The van der Waals surface area contributed by atoms with Crippen LogP contribution in [0.4, 0.5) is 4.79 Å². The van der Waals surface area contributed by atoms with Gasteiger partial charge in [0.15, 0.2) is 17.6 Å². The summed E-state index contributed by atoms with van der Waals surface area (Å²) in [5, 5.41) is 2.95. The minimum atomic E-state index is -0.217. The molecular formula is C24H31N3O4. The van der Waals surface area contributed by atoms with Gasteiger partial charge >= 0.3 is 6.03 Å². The fraction of sp³-hybridized carbons (Fsp3) is 0.417. The Labute approximate surface area is 183 Å². The number of carbonyl (C=O) groups is 2. The van der Waals surface area contributed by atoms with Crippen molar-refractivity contribution in [2.75, 3.05) is 32.8 Å². The van der Waals surface area contributed by atoms with Gasteiger partial charge < -0.3 is 24.6 Å². The molecule has 7 nitrogen and oxygen atoms in total. The maximum atomic E-state index is 12.7. The minimum Gasteiger partial charge on any atom is -0.486 e. The lowest BCUT2D eigenvalue weighted by Gasteiger charge is -2.31. The Balaban J connectivity index is 1.51. The van der Waals surface area contributed by atoms with E-state index in [0.29, 0.717) is 50.6 Å². The Morgan fingerprint density at radius 1 is 0.935 bits per heavy atom. The quantitative estimate of drug-likeness (QED) is 0.702.